The summed E-state index contributed by atoms with van der Waals surface area (Å²) in [7, 11) is 0. The van der Waals surface area contributed by atoms with Gasteiger partial charge in [-0.25, -0.2) is 9.48 Å². The highest BCUT2D eigenvalue weighted by Crippen LogP contribution is 2.30. The zero-order chi connectivity index (χ0) is 24.8. The highest BCUT2D eigenvalue weighted by molar-refractivity contribution is 7.08. The highest BCUT2D eigenvalue weighted by Gasteiger charge is 2.16. The number of anilines is 2. The first-order chi connectivity index (χ1) is 16.9. The molecule has 4 aromatic rings. The molecule has 180 valence electrons. The van der Waals surface area contributed by atoms with E-state index in [-0.39, 0.29) is 30.5 Å². The van der Waals surface area contributed by atoms with E-state index >= 15 is 0 Å². The second-order valence-electron chi connectivity index (χ2n) is 7.44. The van der Waals surface area contributed by atoms with Gasteiger partial charge in [-0.2, -0.15) is 16.4 Å². The first kappa shape index (κ1) is 24.7. The molecule has 4 rings (SSSR count). The molecule has 0 bridgehead atoms. The predicted molar refractivity (Wildman–Crippen MR) is 140 cm³/mol. The first-order valence-electron chi connectivity index (χ1n) is 10.6. The van der Waals surface area contributed by atoms with E-state index in [1.54, 1.807) is 40.3 Å². The summed E-state index contributed by atoms with van der Waals surface area (Å²) in [5, 5.41) is 26.2. The number of carbonyl (C=O) groups is 2. The molecular weight excluding hydrogens is 509 g/mol. The van der Waals surface area contributed by atoms with Crippen LogP contribution in [0.5, 0.6) is 0 Å². The number of amides is 3. The van der Waals surface area contributed by atoms with Crippen molar-refractivity contribution in [2.45, 2.75) is 6.42 Å². The number of halogens is 2. The standard InChI is InChI=1S/C24H21Cl2N5O3S/c25-18-5-2-6-19(23(18)26)28-24(34)29-21-13-20(16-7-10-35-14-16)30-31(21)17-4-1-3-15(11-17)12-22(33)27-8-9-32/h1-7,10-11,13-14,32H,8-9,12H2,(H,27,33)(H2,28,29,34). The van der Waals surface area contributed by atoms with Crippen LogP contribution < -0.4 is 16.0 Å². The summed E-state index contributed by atoms with van der Waals surface area (Å²) in [6, 6.07) is 15.4. The SMILES string of the molecule is O=C(Cc1cccc(-n2nc(-c3ccsc3)cc2NC(=O)Nc2cccc(Cl)c2Cl)c1)NCCO. The fourth-order valence-corrected chi connectivity index (χ4v) is 4.33. The molecule has 0 aliphatic rings. The van der Waals surface area contributed by atoms with Gasteiger partial charge in [-0.05, 0) is 41.3 Å². The molecule has 0 fully saturated rings. The van der Waals surface area contributed by atoms with Crippen LogP contribution in [0.15, 0.2) is 65.4 Å². The van der Waals surface area contributed by atoms with Crippen molar-refractivity contribution in [2.24, 2.45) is 0 Å². The average Bonchev–Trinajstić information content (AvgIpc) is 3.51. The molecule has 0 radical (unpaired) electrons. The Morgan fingerprint density at radius 2 is 1.89 bits per heavy atom. The molecule has 3 amide bonds. The molecule has 0 spiro atoms. The Morgan fingerprint density at radius 1 is 1.06 bits per heavy atom. The number of nitrogens with zero attached hydrogens (tertiary/aromatic N) is 2. The van der Waals surface area contributed by atoms with E-state index in [1.165, 1.54) is 0 Å². The van der Waals surface area contributed by atoms with Gasteiger partial charge in [0, 0.05) is 23.6 Å². The minimum absolute atomic E-state index is 0.123. The quantitative estimate of drug-likeness (QED) is 0.251. The zero-order valence-corrected chi connectivity index (χ0v) is 20.6. The predicted octanol–water partition coefficient (Wildman–Crippen LogP) is 5.20. The minimum Gasteiger partial charge on any atom is -0.395 e. The van der Waals surface area contributed by atoms with E-state index in [1.807, 2.05) is 41.1 Å². The van der Waals surface area contributed by atoms with Gasteiger partial charge in [0.25, 0.3) is 0 Å². The fraction of sp³-hybridized carbons (Fsp3) is 0.125. The van der Waals surface area contributed by atoms with Crippen molar-refractivity contribution in [3.05, 3.63) is 81.0 Å². The number of carbonyl (C=O) groups excluding carboxylic acids is 2. The van der Waals surface area contributed by atoms with Crippen molar-refractivity contribution in [3.8, 4) is 16.9 Å². The van der Waals surface area contributed by atoms with E-state index in [9.17, 15) is 9.59 Å². The summed E-state index contributed by atoms with van der Waals surface area (Å²) in [5.41, 5.74) is 3.38. The van der Waals surface area contributed by atoms with Gasteiger partial charge in [0.1, 0.15) is 5.82 Å². The van der Waals surface area contributed by atoms with Crippen LogP contribution >= 0.6 is 34.5 Å². The fourth-order valence-electron chi connectivity index (χ4n) is 3.33. The van der Waals surface area contributed by atoms with Crippen molar-refractivity contribution >= 4 is 58.0 Å². The van der Waals surface area contributed by atoms with Crippen molar-refractivity contribution in [1.82, 2.24) is 15.1 Å². The molecule has 0 saturated heterocycles. The van der Waals surface area contributed by atoms with Crippen LogP contribution in [0.25, 0.3) is 16.9 Å². The molecule has 0 saturated carbocycles. The summed E-state index contributed by atoms with van der Waals surface area (Å²) in [6.45, 7) is 0.0728. The van der Waals surface area contributed by atoms with Gasteiger partial charge < -0.3 is 15.7 Å². The Bertz CT molecular complexity index is 1340. The van der Waals surface area contributed by atoms with Gasteiger partial charge >= 0.3 is 6.03 Å². The lowest BCUT2D eigenvalue weighted by atomic mass is 10.1. The molecule has 2 aromatic heterocycles. The number of thiophene rings is 1. The Hall–Kier alpha value is -3.37. The number of rotatable bonds is 8. The van der Waals surface area contributed by atoms with Crippen LogP contribution in [0.4, 0.5) is 16.3 Å². The third kappa shape index (κ3) is 6.20. The Morgan fingerprint density at radius 3 is 2.66 bits per heavy atom. The van der Waals surface area contributed by atoms with Crippen LogP contribution in [0.1, 0.15) is 5.56 Å². The van der Waals surface area contributed by atoms with Gasteiger partial charge in [-0.1, -0.05) is 41.4 Å². The normalized spacial score (nSPS) is 10.7. The second kappa shape index (κ2) is 11.4. The largest absolute Gasteiger partial charge is 0.395 e. The highest BCUT2D eigenvalue weighted by atomic mass is 35.5. The van der Waals surface area contributed by atoms with Crippen LogP contribution in [0.3, 0.4) is 0 Å². The molecular formula is C24H21Cl2N5O3S. The topological polar surface area (TPSA) is 108 Å². The van der Waals surface area contributed by atoms with Gasteiger partial charge in [-0.3, -0.25) is 10.1 Å². The summed E-state index contributed by atoms with van der Waals surface area (Å²) in [4.78, 5) is 24.9. The van der Waals surface area contributed by atoms with Gasteiger partial charge in [0.05, 0.1) is 40.1 Å². The number of aliphatic hydroxyl groups excluding tert-OH is 1. The van der Waals surface area contributed by atoms with E-state index < -0.39 is 6.03 Å². The molecule has 2 aromatic carbocycles. The van der Waals surface area contributed by atoms with Crippen LogP contribution in [0.2, 0.25) is 10.0 Å². The molecule has 0 atom stereocenters. The monoisotopic (exact) mass is 529 g/mol. The van der Waals surface area contributed by atoms with E-state index in [2.05, 4.69) is 21.0 Å². The maximum atomic E-state index is 12.8. The average molecular weight is 530 g/mol. The van der Waals surface area contributed by atoms with Crippen molar-refractivity contribution in [1.29, 1.82) is 0 Å². The van der Waals surface area contributed by atoms with Crippen LogP contribution in [0, 0.1) is 0 Å². The molecule has 8 nitrogen and oxygen atoms in total. The number of aliphatic hydroxyl groups is 1. The van der Waals surface area contributed by atoms with Crippen molar-refractivity contribution in [3.63, 3.8) is 0 Å². The lowest BCUT2D eigenvalue weighted by Crippen LogP contribution is -2.27. The minimum atomic E-state index is -0.522. The number of urea groups is 1. The maximum Gasteiger partial charge on any atom is 0.324 e. The second-order valence-corrected chi connectivity index (χ2v) is 9.00. The van der Waals surface area contributed by atoms with E-state index in [0.29, 0.717) is 27.9 Å². The molecule has 0 aliphatic carbocycles. The van der Waals surface area contributed by atoms with Crippen LogP contribution in [-0.4, -0.2) is 40.0 Å². The molecule has 11 heteroatoms. The number of aromatic nitrogens is 2. The summed E-state index contributed by atoms with van der Waals surface area (Å²) >= 11 is 13.8. The Labute approximate surface area is 215 Å². The van der Waals surface area contributed by atoms with Gasteiger partial charge in [0.2, 0.25) is 5.91 Å². The van der Waals surface area contributed by atoms with Crippen LogP contribution in [-0.2, 0) is 11.2 Å². The molecule has 4 N–H and O–H groups in total. The lowest BCUT2D eigenvalue weighted by molar-refractivity contribution is -0.120. The summed E-state index contributed by atoms with van der Waals surface area (Å²) in [6.07, 6.45) is 0.142. The Balaban J connectivity index is 1.62. The molecule has 2 heterocycles. The smallest absolute Gasteiger partial charge is 0.324 e. The van der Waals surface area contributed by atoms with Gasteiger partial charge in [-0.15, -0.1) is 0 Å². The third-order valence-electron chi connectivity index (χ3n) is 4.92. The maximum absolute atomic E-state index is 12.8. The third-order valence-corrected chi connectivity index (χ3v) is 6.42. The Kier molecular flexibility index (Phi) is 8.04. The molecule has 0 unspecified atom stereocenters. The van der Waals surface area contributed by atoms with Crippen molar-refractivity contribution < 1.29 is 14.7 Å². The summed E-state index contributed by atoms with van der Waals surface area (Å²) in [5.74, 6) is 0.218. The number of benzene rings is 2. The number of nitrogens with one attached hydrogen (secondary N) is 3. The molecule has 35 heavy (non-hydrogen) atoms. The van der Waals surface area contributed by atoms with Crippen molar-refractivity contribution in [2.75, 3.05) is 23.8 Å². The van der Waals surface area contributed by atoms with Gasteiger partial charge in [0.15, 0.2) is 0 Å². The van der Waals surface area contributed by atoms with E-state index in [4.69, 9.17) is 28.3 Å². The zero-order valence-electron chi connectivity index (χ0n) is 18.3. The molecule has 0 aliphatic heterocycles. The first-order valence-corrected chi connectivity index (χ1v) is 12.3. The number of hydrogen-bond donors (Lipinski definition) is 4. The van der Waals surface area contributed by atoms with E-state index in [0.717, 1.165) is 11.1 Å². The number of hydrogen-bond acceptors (Lipinski definition) is 5. The summed E-state index contributed by atoms with van der Waals surface area (Å²) < 4.78 is 1.60. The lowest BCUT2D eigenvalue weighted by Gasteiger charge is -2.12.